The molecule has 5 heteroatoms. The quantitative estimate of drug-likeness (QED) is 0.657. The molecule has 0 amide bonds. The predicted molar refractivity (Wildman–Crippen MR) is 91.7 cm³/mol. The molecule has 0 radical (unpaired) electrons. The Balaban J connectivity index is 1.73. The minimum Gasteiger partial charge on any atom is -0.362 e. The number of nitrogens with zero attached hydrogens (tertiary/aromatic N) is 2. The Morgan fingerprint density at radius 2 is 2.10 bits per heavy atom. The fourth-order valence-electron chi connectivity index (χ4n) is 2.09. The van der Waals surface area contributed by atoms with Crippen LogP contribution in [0.1, 0.15) is 23.1 Å². The predicted octanol–water partition coefficient (Wildman–Crippen LogP) is 3.19. The van der Waals surface area contributed by atoms with Gasteiger partial charge >= 0.3 is 0 Å². The summed E-state index contributed by atoms with van der Waals surface area (Å²) in [6.45, 7) is 7.97. The van der Waals surface area contributed by atoms with Crippen LogP contribution >= 0.6 is 12.2 Å². The molecule has 0 spiro atoms. The Kier molecular flexibility index (Phi) is 5.33. The summed E-state index contributed by atoms with van der Waals surface area (Å²) in [5.41, 5.74) is 4.75. The summed E-state index contributed by atoms with van der Waals surface area (Å²) >= 11 is 5.33. The van der Waals surface area contributed by atoms with Crippen molar-refractivity contribution in [3.63, 3.8) is 0 Å². The van der Waals surface area contributed by atoms with E-state index in [1.807, 2.05) is 36.1 Å². The summed E-state index contributed by atoms with van der Waals surface area (Å²) in [6.07, 6.45) is 4.91. The summed E-state index contributed by atoms with van der Waals surface area (Å²) in [5, 5.41) is 11.4. The molecule has 112 valence electrons. The Bertz CT molecular complexity index is 618. The van der Waals surface area contributed by atoms with E-state index in [-0.39, 0.29) is 0 Å². The standard InChI is InChI=1S/C16H22N4S/c1-12-10-18-20(11-12)9-5-8-17-16(21)19-15-7-4-6-13(2)14(15)3/h4,6-7,10-11H,5,8-9H2,1-3H3,(H2,17,19,21). The fourth-order valence-corrected chi connectivity index (χ4v) is 2.30. The van der Waals surface area contributed by atoms with Crippen LogP contribution in [0.2, 0.25) is 0 Å². The zero-order valence-corrected chi connectivity index (χ0v) is 13.6. The first-order chi connectivity index (χ1) is 10.1. The second-order valence-electron chi connectivity index (χ2n) is 5.26. The van der Waals surface area contributed by atoms with Gasteiger partial charge in [0.15, 0.2) is 5.11 Å². The van der Waals surface area contributed by atoms with Gasteiger partial charge < -0.3 is 10.6 Å². The largest absolute Gasteiger partial charge is 0.362 e. The van der Waals surface area contributed by atoms with Gasteiger partial charge in [0.25, 0.3) is 0 Å². The van der Waals surface area contributed by atoms with Crippen molar-refractivity contribution in [2.24, 2.45) is 0 Å². The summed E-state index contributed by atoms with van der Waals surface area (Å²) in [5.74, 6) is 0. The maximum Gasteiger partial charge on any atom is 0.170 e. The SMILES string of the molecule is Cc1cnn(CCCNC(=S)Nc2cccc(C)c2C)c1. The lowest BCUT2D eigenvalue weighted by atomic mass is 10.1. The number of hydrogen-bond donors (Lipinski definition) is 2. The molecule has 2 rings (SSSR count). The Labute approximate surface area is 131 Å². The fraction of sp³-hybridized carbons (Fsp3) is 0.375. The molecule has 0 aliphatic carbocycles. The maximum atomic E-state index is 5.33. The molecule has 0 unspecified atom stereocenters. The van der Waals surface area contributed by atoms with Crippen LogP contribution in [0, 0.1) is 20.8 Å². The number of nitrogens with one attached hydrogen (secondary N) is 2. The summed E-state index contributed by atoms with van der Waals surface area (Å²) in [7, 11) is 0. The van der Waals surface area contributed by atoms with Crippen molar-refractivity contribution in [3.8, 4) is 0 Å². The van der Waals surface area contributed by atoms with Crippen LogP contribution in [0.3, 0.4) is 0 Å². The molecule has 0 fully saturated rings. The van der Waals surface area contributed by atoms with E-state index in [2.05, 4.69) is 35.6 Å². The highest BCUT2D eigenvalue weighted by Gasteiger charge is 2.02. The molecule has 0 aliphatic heterocycles. The van der Waals surface area contributed by atoms with Crippen molar-refractivity contribution in [1.29, 1.82) is 0 Å². The van der Waals surface area contributed by atoms with E-state index < -0.39 is 0 Å². The topological polar surface area (TPSA) is 41.9 Å². The third kappa shape index (κ3) is 4.56. The average Bonchev–Trinajstić information content (AvgIpc) is 2.86. The number of aromatic nitrogens is 2. The smallest absolute Gasteiger partial charge is 0.170 e. The van der Waals surface area contributed by atoms with E-state index in [1.54, 1.807) is 0 Å². The van der Waals surface area contributed by atoms with E-state index in [4.69, 9.17) is 12.2 Å². The van der Waals surface area contributed by atoms with Gasteiger partial charge in [-0.25, -0.2) is 0 Å². The number of hydrogen-bond acceptors (Lipinski definition) is 2. The van der Waals surface area contributed by atoms with E-state index >= 15 is 0 Å². The molecule has 4 nitrogen and oxygen atoms in total. The molecule has 0 atom stereocenters. The summed E-state index contributed by atoms with van der Waals surface area (Å²) < 4.78 is 1.96. The second kappa shape index (κ2) is 7.22. The summed E-state index contributed by atoms with van der Waals surface area (Å²) in [4.78, 5) is 0. The molecule has 1 heterocycles. The van der Waals surface area contributed by atoms with E-state index in [9.17, 15) is 0 Å². The minimum atomic E-state index is 0.667. The molecule has 0 saturated heterocycles. The van der Waals surface area contributed by atoms with Gasteiger partial charge in [0.2, 0.25) is 0 Å². The van der Waals surface area contributed by atoms with Crippen molar-refractivity contribution in [2.45, 2.75) is 33.7 Å². The van der Waals surface area contributed by atoms with E-state index in [0.717, 1.165) is 25.2 Å². The maximum absolute atomic E-state index is 5.33. The third-order valence-electron chi connectivity index (χ3n) is 3.46. The van der Waals surface area contributed by atoms with E-state index in [1.165, 1.54) is 16.7 Å². The zero-order chi connectivity index (χ0) is 15.2. The van der Waals surface area contributed by atoms with E-state index in [0.29, 0.717) is 5.11 Å². The molecule has 0 bridgehead atoms. The number of benzene rings is 1. The van der Waals surface area contributed by atoms with Gasteiger partial charge in [-0.1, -0.05) is 12.1 Å². The minimum absolute atomic E-state index is 0.667. The highest BCUT2D eigenvalue weighted by Crippen LogP contribution is 2.17. The second-order valence-corrected chi connectivity index (χ2v) is 5.67. The van der Waals surface area contributed by atoms with Crippen LogP contribution < -0.4 is 10.6 Å². The molecular weight excluding hydrogens is 280 g/mol. The molecule has 0 aliphatic rings. The zero-order valence-electron chi connectivity index (χ0n) is 12.8. The normalized spacial score (nSPS) is 10.4. The van der Waals surface area contributed by atoms with Crippen molar-refractivity contribution in [3.05, 3.63) is 47.3 Å². The first-order valence-electron chi connectivity index (χ1n) is 7.16. The van der Waals surface area contributed by atoms with Crippen LogP contribution in [0.4, 0.5) is 5.69 Å². The van der Waals surface area contributed by atoms with Crippen molar-refractivity contribution in [1.82, 2.24) is 15.1 Å². The van der Waals surface area contributed by atoms with Crippen molar-refractivity contribution < 1.29 is 0 Å². The average molecular weight is 302 g/mol. The number of aryl methyl sites for hydroxylation is 3. The van der Waals surface area contributed by atoms with Crippen molar-refractivity contribution in [2.75, 3.05) is 11.9 Å². The van der Waals surface area contributed by atoms with Gasteiger partial charge in [0.05, 0.1) is 6.20 Å². The molecule has 2 aromatic rings. The molecular formula is C16H22N4S. The van der Waals surface area contributed by atoms with Crippen molar-refractivity contribution >= 4 is 23.0 Å². The van der Waals surface area contributed by atoms with Gasteiger partial charge in [0.1, 0.15) is 0 Å². The lowest BCUT2D eigenvalue weighted by Gasteiger charge is -2.13. The van der Waals surface area contributed by atoms with Crippen LogP contribution in [0.15, 0.2) is 30.6 Å². The number of anilines is 1. The first-order valence-corrected chi connectivity index (χ1v) is 7.57. The molecule has 1 aromatic carbocycles. The molecule has 0 saturated carbocycles. The first kappa shape index (κ1) is 15.5. The number of thiocarbonyl (C=S) groups is 1. The highest BCUT2D eigenvalue weighted by atomic mass is 32.1. The van der Waals surface area contributed by atoms with Crippen LogP contribution in [-0.2, 0) is 6.54 Å². The van der Waals surface area contributed by atoms with Gasteiger partial charge in [-0.15, -0.1) is 0 Å². The van der Waals surface area contributed by atoms with Gasteiger partial charge in [-0.2, -0.15) is 5.10 Å². The third-order valence-corrected chi connectivity index (χ3v) is 3.71. The van der Waals surface area contributed by atoms with Crippen LogP contribution in [0.5, 0.6) is 0 Å². The Morgan fingerprint density at radius 3 is 2.81 bits per heavy atom. The lowest BCUT2D eigenvalue weighted by molar-refractivity contribution is 0.573. The Morgan fingerprint density at radius 1 is 1.29 bits per heavy atom. The Hall–Kier alpha value is -1.88. The summed E-state index contributed by atoms with van der Waals surface area (Å²) in [6, 6.07) is 6.18. The van der Waals surface area contributed by atoms with Gasteiger partial charge in [-0.3, -0.25) is 4.68 Å². The molecule has 21 heavy (non-hydrogen) atoms. The van der Waals surface area contributed by atoms with Gasteiger partial charge in [0, 0.05) is 25.0 Å². The van der Waals surface area contributed by atoms with Crippen LogP contribution in [-0.4, -0.2) is 21.4 Å². The molecule has 1 aromatic heterocycles. The lowest BCUT2D eigenvalue weighted by Crippen LogP contribution is -2.30. The molecule has 2 N–H and O–H groups in total. The van der Waals surface area contributed by atoms with Crippen LogP contribution in [0.25, 0.3) is 0 Å². The monoisotopic (exact) mass is 302 g/mol. The van der Waals surface area contributed by atoms with Gasteiger partial charge in [-0.05, 0) is 62.2 Å². The highest BCUT2D eigenvalue weighted by molar-refractivity contribution is 7.80. The number of rotatable bonds is 5.